The van der Waals surface area contributed by atoms with E-state index in [-0.39, 0.29) is 41.8 Å². The van der Waals surface area contributed by atoms with Gasteiger partial charge in [-0.05, 0) is 77.3 Å². The molecule has 0 bridgehead atoms. The number of aromatic amines is 2. The number of ether oxygens (including phenoxy) is 2. The number of imidazole rings is 2. The first-order valence-corrected chi connectivity index (χ1v) is 25.0. The first kappa shape index (κ1) is 42.0. The van der Waals surface area contributed by atoms with Crippen molar-refractivity contribution in [2.24, 2.45) is 17.8 Å². The van der Waals surface area contributed by atoms with Crippen LogP contribution < -0.4 is 10.6 Å². The number of aromatic nitrogens is 4. The molecule has 322 valence electrons. The summed E-state index contributed by atoms with van der Waals surface area (Å²) in [6, 6.07) is 19.5. The predicted octanol–water partition coefficient (Wildman–Crippen LogP) is 8.18. The summed E-state index contributed by atoms with van der Waals surface area (Å²) < 4.78 is 9.68. The minimum absolute atomic E-state index is 0.0747. The van der Waals surface area contributed by atoms with E-state index in [1.54, 1.807) is 0 Å². The monoisotopic (exact) mass is 846 g/mol. The molecule has 8 rings (SSSR count). The van der Waals surface area contributed by atoms with Crippen molar-refractivity contribution in [2.45, 2.75) is 102 Å². The van der Waals surface area contributed by atoms with E-state index in [0.717, 1.165) is 81.1 Å². The molecule has 3 fully saturated rings. The summed E-state index contributed by atoms with van der Waals surface area (Å²) in [5.41, 5.74) is 5.77. The van der Waals surface area contributed by atoms with Crippen LogP contribution in [-0.4, -0.2) is 101 Å². The SMILES string of the molecule is COC(=O)N[C@H](C(=O)N1C(c2ncc(-c3ccc(-c4ccc5c(ccc6[nH]c([C@@H]7CCCN7C(=O)[C@@H](NC(=O)OC)C(C)C)nc65)c4)cc3)[nH]2)CC2C[Si](C)(C)CC21)C(C)C. The number of benzene rings is 3. The number of H-pyrrole nitrogens is 2. The average molecular weight is 847 g/mol. The highest BCUT2D eigenvalue weighted by atomic mass is 28.3. The third-order valence-corrected chi connectivity index (χ3v) is 16.3. The number of nitrogens with one attached hydrogen (secondary N) is 4. The van der Waals surface area contributed by atoms with Crippen LogP contribution in [0, 0.1) is 17.8 Å². The van der Waals surface area contributed by atoms with Gasteiger partial charge in [0.05, 0.1) is 49.2 Å². The molecule has 4 amide bonds. The molecule has 3 aliphatic heterocycles. The van der Waals surface area contributed by atoms with E-state index in [2.05, 4.69) is 82.2 Å². The van der Waals surface area contributed by atoms with Crippen LogP contribution in [0.5, 0.6) is 0 Å². The summed E-state index contributed by atoms with van der Waals surface area (Å²) in [4.78, 5) is 73.3. The molecule has 0 spiro atoms. The molecule has 0 radical (unpaired) electrons. The molecule has 5 heterocycles. The fourth-order valence-electron chi connectivity index (χ4n) is 10.1. The van der Waals surface area contributed by atoms with Gasteiger partial charge in [0.25, 0.3) is 0 Å². The van der Waals surface area contributed by atoms with Gasteiger partial charge in [-0.15, -0.1) is 0 Å². The highest BCUT2D eigenvalue weighted by molar-refractivity contribution is 6.78. The van der Waals surface area contributed by atoms with E-state index in [1.165, 1.54) is 20.3 Å². The Hall–Kier alpha value is -5.70. The molecule has 2 aromatic heterocycles. The second-order valence-electron chi connectivity index (χ2n) is 18.6. The number of hydrogen-bond acceptors (Lipinski definition) is 8. The summed E-state index contributed by atoms with van der Waals surface area (Å²) in [7, 11) is 1.16. The number of amides is 4. The number of carbonyl (C=O) groups excluding carboxylic acids is 4. The Morgan fingerprint density at radius 1 is 0.787 bits per heavy atom. The number of rotatable bonds is 10. The number of hydrogen-bond donors (Lipinski definition) is 4. The first-order valence-electron chi connectivity index (χ1n) is 21.6. The zero-order valence-electron chi connectivity index (χ0n) is 36.4. The molecule has 3 unspecified atom stereocenters. The summed E-state index contributed by atoms with van der Waals surface area (Å²) >= 11 is 0. The number of likely N-dealkylation sites (tertiary alicyclic amines) is 2. The Kier molecular flexibility index (Phi) is 11.5. The van der Waals surface area contributed by atoms with E-state index < -0.39 is 32.3 Å². The molecule has 0 aliphatic carbocycles. The summed E-state index contributed by atoms with van der Waals surface area (Å²) in [5.74, 6) is 1.49. The Morgan fingerprint density at radius 2 is 1.44 bits per heavy atom. The van der Waals surface area contributed by atoms with Gasteiger partial charge in [0.1, 0.15) is 23.7 Å². The zero-order chi connectivity index (χ0) is 43.3. The predicted molar refractivity (Wildman–Crippen MR) is 237 cm³/mol. The summed E-state index contributed by atoms with van der Waals surface area (Å²) in [6.45, 7) is 13.1. The molecule has 61 heavy (non-hydrogen) atoms. The number of carbonyl (C=O) groups is 4. The van der Waals surface area contributed by atoms with Crippen LogP contribution in [0.25, 0.3) is 44.2 Å². The van der Waals surface area contributed by atoms with Crippen LogP contribution >= 0.6 is 0 Å². The molecule has 14 nitrogen and oxygen atoms in total. The second kappa shape index (κ2) is 16.6. The van der Waals surface area contributed by atoms with Gasteiger partial charge in [-0.1, -0.05) is 89.3 Å². The number of alkyl carbamates (subject to hydrolysis) is 2. The molecule has 3 aromatic carbocycles. The van der Waals surface area contributed by atoms with E-state index in [9.17, 15) is 19.2 Å². The Labute approximate surface area is 357 Å². The van der Waals surface area contributed by atoms with Gasteiger partial charge in [0, 0.05) is 26.0 Å². The average Bonchev–Trinajstić information content (AvgIpc) is 4.09. The smallest absolute Gasteiger partial charge is 0.407 e. The first-order chi connectivity index (χ1) is 29.2. The Bertz CT molecular complexity index is 2460. The molecule has 4 N–H and O–H groups in total. The summed E-state index contributed by atoms with van der Waals surface area (Å²) in [6.07, 6.45) is 3.10. The van der Waals surface area contributed by atoms with Gasteiger partial charge >= 0.3 is 12.2 Å². The molecule has 3 saturated heterocycles. The van der Waals surface area contributed by atoms with Crippen molar-refractivity contribution in [3.63, 3.8) is 0 Å². The van der Waals surface area contributed by atoms with Crippen LogP contribution in [0.2, 0.25) is 25.2 Å². The third kappa shape index (κ3) is 8.11. The summed E-state index contributed by atoms with van der Waals surface area (Å²) in [5, 5.41) is 7.60. The van der Waals surface area contributed by atoms with Gasteiger partial charge in [-0.2, -0.15) is 0 Å². The van der Waals surface area contributed by atoms with Gasteiger partial charge in [-0.25, -0.2) is 19.6 Å². The Balaban J connectivity index is 1.01. The van der Waals surface area contributed by atoms with Crippen molar-refractivity contribution in [3.05, 3.63) is 72.4 Å². The van der Waals surface area contributed by atoms with Gasteiger partial charge < -0.3 is 39.9 Å². The number of nitrogens with zero attached hydrogens (tertiary/aromatic N) is 4. The van der Waals surface area contributed by atoms with E-state index >= 15 is 0 Å². The quantitative estimate of drug-likeness (QED) is 0.102. The lowest BCUT2D eigenvalue weighted by Gasteiger charge is -2.34. The molecule has 15 heteroatoms. The normalized spacial score (nSPS) is 21.9. The number of methoxy groups -OCH3 is 2. The van der Waals surface area contributed by atoms with Crippen molar-refractivity contribution >= 4 is 53.9 Å². The van der Waals surface area contributed by atoms with Crippen molar-refractivity contribution in [3.8, 4) is 22.4 Å². The maximum Gasteiger partial charge on any atom is 0.407 e. The molecule has 3 aliphatic rings. The molecular weight excluding hydrogens is 789 g/mol. The van der Waals surface area contributed by atoms with Crippen LogP contribution in [0.15, 0.2) is 60.8 Å². The van der Waals surface area contributed by atoms with Crippen molar-refractivity contribution in [1.29, 1.82) is 0 Å². The van der Waals surface area contributed by atoms with Crippen LogP contribution in [0.1, 0.15) is 70.7 Å². The highest BCUT2D eigenvalue weighted by Gasteiger charge is 2.54. The molecular formula is C46H58N8O6Si. The maximum absolute atomic E-state index is 14.3. The molecule has 5 aromatic rings. The van der Waals surface area contributed by atoms with E-state index in [4.69, 9.17) is 19.4 Å². The molecule has 0 saturated carbocycles. The van der Waals surface area contributed by atoms with Gasteiger partial charge in [-0.3, -0.25) is 9.59 Å². The van der Waals surface area contributed by atoms with Gasteiger partial charge in [0.2, 0.25) is 11.8 Å². The largest absolute Gasteiger partial charge is 0.453 e. The maximum atomic E-state index is 14.3. The minimum Gasteiger partial charge on any atom is -0.453 e. The van der Waals surface area contributed by atoms with Crippen LogP contribution in [0.3, 0.4) is 0 Å². The van der Waals surface area contributed by atoms with Crippen LogP contribution in [0.4, 0.5) is 9.59 Å². The molecule has 6 atom stereocenters. The fraction of sp³-hybridized carbons (Fsp3) is 0.478. The van der Waals surface area contributed by atoms with Crippen LogP contribution in [-0.2, 0) is 19.1 Å². The fourth-order valence-corrected chi connectivity index (χ4v) is 13.8. The lowest BCUT2D eigenvalue weighted by Crippen LogP contribution is -2.53. The topological polar surface area (TPSA) is 175 Å². The third-order valence-electron chi connectivity index (χ3n) is 13.2. The standard InChI is InChI=1S/C46H58N8O6Si/c1-25(2)38(51-45(57)59-5)43(55)53-19-9-10-35(53)42-48-33-18-16-30-20-29(15-17-32(30)40(33)50-42)27-11-13-28(14-12-27)34-22-47-41(49-34)36-21-31-23-61(7,8)24-37(31)54(36)44(56)39(26(3)4)52-46(58)60-6/h11-18,20,22,25-26,31,35-39H,9-10,19,21,23-24H2,1-8H3,(H,47,49)(H,48,50)(H,51,57)(H,52,58)/t31?,35-,36?,37?,38-,39-/m0/s1. The lowest BCUT2D eigenvalue weighted by atomic mass is 9.99. The van der Waals surface area contributed by atoms with Crippen molar-refractivity contribution in [2.75, 3.05) is 20.8 Å². The van der Waals surface area contributed by atoms with Gasteiger partial charge in [0.15, 0.2) is 0 Å². The minimum atomic E-state index is -1.45. The Morgan fingerprint density at radius 3 is 2.11 bits per heavy atom. The van der Waals surface area contributed by atoms with Crippen molar-refractivity contribution < 1.29 is 28.7 Å². The number of fused-ring (bicyclic) bond motifs is 4. The highest BCUT2D eigenvalue weighted by Crippen LogP contribution is 2.51. The zero-order valence-corrected chi connectivity index (χ0v) is 37.4. The van der Waals surface area contributed by atoms with E-state index in [1.807, 2.05) is 49.8 Å². The van der Waals surface area contributed by atoms with E-state index in [0.29, 0.717) is 12.5 Å². The lowest BCUT2D eigenvalue weighted by molar-refractivity contribution is -0.137. The second-order valence-corrected chi connectivity index (χ2v) is 23.7. The van der Waals surface area contributed by atoms with Crippen molar-refractivity contribution in [1.82, 2.24) is 40.4 Å².